The summed E-state index contributed by atoms with van der Waals surface area (Å²) in [5.74, 6) is -1.56. The first kappa shape index (κ1) is 19.7. The van der Waals surface area contributed by atoms with Gasteiger partial charge < -0.3 is 14.7 Å². The van der Waals surface area contributed by atoms with Crippen LogP contribution in [0.2, 0.25) is 0 Å². The van der Waals surface area contributed by atoms with E-state index in [9.17, 15) is 14.7 Å². The predicted octanol–water partition coefficient (Wildman–Crippen LogP) is 5.25. The van der Waals surface area contributed by atoms with Crippen molar-refractivity contribution in [2.24, 2.45) is 0 Å². The number of carbonyl (C=O) groups excluding carboxylic acids is 1. The van der Waals surface area contributed by atoms with Gasteiger partial charge in [0.05, 0.1) is 4.88 Å². The van der Waals surface area contributed by atoms with Crippen LogP contribution in [0.15, 0.2) is 77.3 Å². The molecule has 0 aliphatic rings. The Labute approximate surface area is 185 Å². The van der Waals surface area contributed by atoms with E-state index in [2.05, 4.69) is 10.1 Å². The molecule has 8 heteroatoms. The largest absolute Gasteiger partial charge is 0.508 e. The molecule has 5 aromatic rings. The summed E-state index contributed by atoms with van der Waals surface area (Å²) in [6.45, 7) is 0. The van der Waals surface area contributed by atoms with Gasteiger partial charge in [0.2, 0.25) is 5.78 Å². The number of hydrogen-bond acceptors (Lipinski definition) is 7. The van der Waals surface area contributed by atoms with Crippen molar-refractivity contribution in [3.63, 3.8) is 0 Å². The van der Waals surface area contributed by atoms with Gasteiger partial charge in [-0.05, 0) is 41.1 Å². The maximum atomic E-state index is 13.3. The molecule has 5 rings (SSSR count). The van der Waals surface area contributed by atoms with Crippen molar-refractivity contribution in [1.29, 1.82) is 0 Å². The molecule has 32 heavy (non-hydrogen) atoms. The zero-order chi connectivity index (χ0) is 22.2. The number of phenolic OH excluding ortho intramolecular Hbond substituents is 1. The van der Waals surface area contributed by atoms with Crippen LogP contribution in [0.5, 0.6) is 5.75 Å². The molecule has 0 amide bonds. The fourth-order valence-electron chi connectivity index (χ4n) is 3.46. The molecule has 156 valence electrons. The lowest BCUT2D eigenvalue weighted by molar-refractivity contribution is 0.0680. The van der Waals surface area contributed by atoms with Crippen molar-refractivity contribution in [2.45, 2.75) is 0 Å². The van der Waals surface area contributed by atoms with Gasteiger partial charge in [-0.2, -0.15) is 4.98 Å². The first-order valence-corrected chi connectivity index (χ1v) is 10.4. The van der Waals surface area contributed by atoms with E-state index in [-0.39, 0.29) is 17.4 Å². The second-order valence-electron chi connectivity index (χ2n) is 6.99. The predicted molar refractivity (Wildman–Crippen MR) is 119 cm³/mol. The number of aromatic hydroxyl groups is 1. The fraction of sp³-hybridized carbons (Fsp3) is 0. The molecule has 0 fully saturated rings. The topological polar surface area (TPSA) is 114 Å². The lowest BCUT2D eigenvalue weighted by Crippen LogP contribution is -2.00. The summed E-state index contributed by atoms with van der Waals surface area (Å²) in [4.78, 5) is 28.7. The van der Waals surface area contributed by atoms with Crippen LogP contribution in [0.3, 0.4) is 0 Å². The van der Waals surface area contributed by atoms with Crippen LogP contribution in [-0.4, -0.2) is 32.1 Å². The lowest BCUT2D eigenvalue weighted by Gasteiger charge is -2.06. The van der Waals surface area contributed by atoms with Gasteiger partial charge in [-0.25, -0.2) is 4.79 Å². The second kappa shape index (κ2) is 7.75. The average Bonchev–Trinajstić information content (AvgIpc) is 3.44. The Hall–Kier alpha value is -4.30. The number of ketones is 1. The normalized spacial score (nSPS) is 11.0. The Bertz CT molecular complexity index is 1470. The van der Waals surface area contributed by atoms with E-state index in [0.29, 0.717) is 16.0 Å². The maximum absolute atomic E-state index is 13.3. The molecule has 0 unspecified atom stereocenters. The number of thiophene rings is 1. The zero-order valence-corrected chi connectivity index (χ0v) is 17.2. The summed E-state index contributed by atoms with van der Waals surface area (Å²) in [6.07, 6.45) is 0. The third kappa shape index (κ3) is 3.42. The smallest absolute Gasteiger partial charge is 0.377 e. The van der Waals surface area contributed by atoms with Gasteiger partial charge in [0.25, 0.3) is 11.7 Å². The van der Waals surface area contributed by atoms with Crippen LogP contribution >= 0.6 is 11.3 Å². The first-order valence-electron chi connectivity index (χ1n) is 9.54. The van der Waals surface area contributed by atoms with Crippen molar-refractivity contribution >= 4 is 33.2 Å². The van der Waals surface area contributed by atoms with Gasteiger partial charge >= 0.3 is 5.97 Å². The van der Waals surface area contributed by atoms with Crippen molar-refractivity contribution in [1.82, 2.24) is 10.1 Å². The molecule has 0 spiro atoms. The fourth-order valence-corrected chi connectivity index (χ4v) is 4.68. The Morgan fingerprint density at radius 3 is 2.31 bits per heavy atom. The molecule has 0 bridgehead atoms. The van der Waals surface area contributed by atoms with E-state index in [1.807, 2.05) is 30.3 Å². The summed E-state index contributed by atoms with van der Waals surface area (Å²) in [6, 6.07) is 21.2. The van der Waals surface area contributed by atoms with E-state index in [1.165, 1.54) is 11.3 Å². The van der Waals surface area contributed by atoms with Crippen LogP contribution in [0.25, 0.3) is 32.7 Å². The number of aromatic carboxylic acids is 1. The van der Waals surface area contributed by atoms with Gasteiger partial charge in [0, 0.05) is 26.8 Å². The number of fused-ring (bicyclic) bond motifs is 1. The van der Waals surface area contributed by atoms with E-state index < -0.39 is 11.8 Å². The molecule has 3 aromatic carbocycles. The number of hydrogen-bond donors (Lipinski definition) is 2. The van der Waals surface area contributed by atoms with Crippen LogP contribution in [0, 0.1) is 0 Å². The van der Waals surface area contributed by atoms with E-state index in [1.54, 1.807) is 42.5 Å². The number of carbonyl (C=O) groups is 2. The van der Waals surface area contributed by atoms with Crippen molar-refractivity contribution in [2.75, 3.05) is 0 Å². The van der Waals surface area contributed by atoms with Gasteiger partial charge in [-0.15, -0.1) is 11.3 Å². The standard InChI is InChI=1S/C24H14N2O5S/c27-16-10-11-17-18(12-16)32-21(20(28)14-4-2-1-3-5-14)19(17)13-6-8-15(9-7-13)23-25-22(24(29)30)26-31-23/h1-12,27H,(H,29,30). The van der Waals surface area contributed by atoms with Gasteiger partial charge in [0.15, 0.2) is 0 Å². The number of rotatable bonds is 5. The van der Waals surface area contributed by atoms with Gasteiger partial charge in [0.1, 0.15) is 5.75 Å². The molecule has 7 nitrogen and oxygen atoms in total. The van der Waals surface area contributed by atoms with Gasteiger partial charge in [-0.1, -0.05) is 42.5 Å². The average molecular weight is 442 g/mol. The Morgan fingerprint density at radius 1 is 0.906 bits per heavy atom. The summed E-state index contributed by atoms with van der Waals surface area (Å²) in [7, 11) is 0. The highest BCUT2D eigenvalue weighted by atomic mass is 32.1. The molecule has 0 aliphatic heterocycles. The maximum Gasteiger partial charge on any atom is 0.377 e. The molecular formula is C24H14N2O5S. The first-order chi connectivity index (χ1) is 15.5. The molecule has 0 atom stereocenters. The number of benzene rings is 3. The minimum absolute atomic E-state index is 0.0923. The third-order valence-corrected chi connectivity index (χ3v) is 6.10. The lowest BCUT2D eigenvalue weighted by atomic mass is 9.97. The summed E-state index contributed by atoms with van der Waals surface area (Å²) < 4.78 is 5.82. The SMILES string of the molecule is O=C(O)c1noc(-c2ccc(-c3c(C(=O)c4ccccc4)sc4cc(O)ccc34)cc2)n1. The number of phenols is 1. The Balaban J connectivity index is 1.62. The van der Waals surface area contributed by atoms with E-state index >= 15 is 0 Å². The molecule has 0 radical (unpaired) electrons. The summed E-state index contributed by atoms with van der Waals surface area (Å²) >= 11 is 1.33. The van der Waals surface area contributed by atoms with Gasteiger partial charge in [-0.3, -0.25) is 4.79 Å². The molecule has 0 aliphatic carbocycles. The van der Waals surface area contributed by atoms with Crippen molar-refractivity contribution in [3.8, 4) is 28.3 Å². The minimum Gasteiger partial charge on any atom is -0.508 e. The number of aromatic nitrogens is 2. The van der Waals surface area contributed by atoms with Crippen LogP contribution in [-0.2, 0) is 0 Å². The Morgan fingerprint density at radius 2 is 1.62 bits per heavy atom. The summed E-state index contributed by atoms with van der Waals surface area (Å²) in [5.41, 5.74) is 2.69. The zero-order valence-electron chi connectivity index (χ0n) is 16.4. The van der Waals surface area contributed by atoms with Crippen LogP contribution < -0.4 is 0 Å². The van der Waals surface area contributed by atoms with Crippen molar-refractivity contribution in [3.05, 3.63) is 89.1 Å². The van der Waals surface area contributed by atoms with E-state index in [0.717, 1.165) is 21.2 Å². The quantitative estimate of drug-likeness (QED) is 0.357. The number of carboxylic acids is 1. The summed E-state index contributed by atoms with van der Waals surface area (Å²) in [5, 5.41) is 23.2. The van der Waals surface area contributed by atoms with E-state index in [4.69, 9.17) is 9.63 Å². The third-order valence-electron chi connectivity index (χ3n) is 4.95. The van der Waals surface area contributed by atoms with Crippen LogP contribution in [0.1, 0.15) is 25.9 Å². The molecule has 2 aromatic heterocycles. The molecule has 2 N–H and O–H groups in total. The second-order valence-corrected chi connectivity index (χ2v) is 8.04. The monoisotopic (exact) mass is 442 g/mol. The van der Waals surface area contributed by atoms with Crippen LogP contribution in [0.4, 0.5) is 0 Å². The molecule has 0 saturated carbocycles. The highest BCUT2D eigenvalue weighted by molar-refractivity contribution is 7.21. The Kier molecular flexibility index (Phi) is 4.76. The minimum atomic E-state index is -1.27. The highest BCUT2D eigenvalue weighted by Crippen LogP contribution is 2.41. The molecular weight excluding hydrogens is 428 g/mol. The molecule has 2 heterocycles. The molecule has 0 saturated heterocycles. The number of nitrogens with zero attached hydrogens (tertiary/aromatic N) is 2. The van der Waals surface area contributed by atoms with Crippen molar-refractivity contribution < 1.29 is 24.3 Å². The number of carboxylic acid groups (broad SMARTS) is 1. The highest BCUT2D eigenvalue weighted by Gasteiger charge is 2.22.